The van der Waals surface area contributed by atoms with Crippen molar-refractivity contribution < 1.29 is 12.8 Å². The van der Waals surface area contributed by atoms with Crippen molar-refractivity contribution in [1.82, 2.24) is 14.1 Å². The monoisotopic (exact) mass is 269 g/mol. The minimum Gasteiger partial charge on any atom is -0.465 e. The van der Waals surface area contributed by atoms with Gasteiger partial charge in [0.25, 0.3) is 0 Å². The molecule has 0 fully saturated rings. The summed E-state index contributed by atoms with van der Waals surface area (Å²) in [6, 6.07) is 3.57. The molecule has 0 unspecified atom stereocenters. The van der Waals surface area contributed by atoms with Gasteiger partial charge in [0, 0.05) is 20.3 Å². The predicted octanol–water partition coefficient (Wildman–Crippen LogP) is 1.14. The van der Waals surface area contributed by atoms with Crippen molar-refractivity contribution in [2.24, 2.45) is 7.05 Å². The summed E-state index contributed by atoms with van der Waals surface area (Å²) in [7, 11) is -0.328. The molecule has 6 nitrogen and oxygen atoms in total. The summed E-state index contributed by atoms with van der Waals surface area (Å²) in [5.41, 5.74) is 0. The van der Waals surface area contributed by atoms with Gasteiger partial charge in [0.15, 0.2) is 0 Å². The second-order valence-corrected chi connectivity index (χ2v) is 6.17. The lowest BCUT2D eigenvalue weighted by atomic mass is 10.4. The van der Waals surface area contributed by atoms with Crippen LogP contribution >= 0.6 is 0 Å². The minimum absolute atomic E-state index is 0.177. The maximum atomic E-state index is 12.2. The Morgan fingerprint density at radius 2 is 2.17 bits per heavy atom. The zero-order valence-electron chi connectivity index (χ0n) is 10.5. The van der Waals surface area contributed by atoms with Crippen molar-refractivity contribution in [3.8, 4) is 0 Å². The minimum atomic E-state index is -3.52. The lowest BCUT2D eigenvalue weighted by molar-refractivity contribution is 0.397. The molecule has 7 heteroatoms. The van der Waals surface area contributed by atoms with Crippen molar-refractivity contribution in [2.45, 2.75) is 18.4 Å². The smallest absolute Gasteiger partial charge is 0.246 e. The molecule has 0 aliphatic rings. The number of hydrogen-bond donors (Lipinski definition) is 0. The number of furan rings is 1. The van der Waals surface area contributed by atoms with Crippen LogP contribution in [0.3, 0.4) is 0 Å². The second kappa shape index (κ2) is 4.58. The molecule has 2 aromatic heterocycles. The summed E-state index contributed by atoms with van der Waals surface area (Å²) in [5.74, 6) is 1.37. The molecule has 18 heavy (non-hydrogen) atoms. The number of hydrogen-bond acceptors (Lipinski definition) is 4. The molecule has 0 aliphatic carbocycles. The third-order valence-electron chi connectivity index (χ3n) is 2.56. The molecular formula is C11H15N3O3S. The topological polar surface area (TPSA) is 68.3 Å². The Labute approximate surface area is 106 Å². The first kappa shape index (κ1) is 12.8. The largest absolute Gasteiger partial charge is 0.465 e. The van der Waals surface area contributed by atoms with Crippen LogP contribution in [0.1, 0.15) is 11.5 Å². The number of aryl methyl sites for hydroxylation is 2. The van der Waals surface area contributed by atoms with Gasteiger partial charge in [-0.05, 0) is 19.1 Å². The van der Waals surface area contributed by atoms with Crippen molar-refractivity contribution in [3.05, 3.63) is 36.0 Å². The van der Waals surface area contributed by atoms with Crippen LogP contribution in [0.5, 0.6) is 0 Å². The molecule has 0 N–H and O–H groups in total. The number of sulfonamides is 1. The molecule has 0 radical (unpaired) electrons. The van der Waals surface area contributed by atoms with E-state index in [-0.39, 0.29) is 11.4 Å². The third-order valence-corrected chi connectivity index (χ3v) is 4.32. The van der Waals surface area contributed by atoms with Crippen LogP contribution in [0.4, 0.5) is 0 Å². The molecule has 0 spiro atoms. The van der Waals surface area contributed by atoms with Crippen molar-refractivity contribution in [2.75, 3.05) is 7.05 Å². The molecule has 98 valence electrons. The Balaban J connectivity index is 2.20. The Hall–Kier alpha value is -1.60. The number of nitrogens with zero attached hydrogens (tertiary/aromatic N) is 3. The van der Waals surface area contributed by atoms with Crippen LogP contribution in [-0.4, -0.2) is 29.6 Å². The van der Waals surface area contributed by atoms with Gasteiger partial charge in [0.1, 0.15) is 16.4 Å². The summed E-state index contributed by atoms with van der Waals surface area (Å²) in [6.07, 6.45) is 2.80. The first-order valence-corrected chi connectivity index (χ1v) is 6.84. The molecule has 2 rings (SSSR count). The van der Waals surface area contributed by atoms with E-state index in [1.54, 1.807) is 19.2 Å². The van der Waals surface area contributed by atoms with Gasteiger partial charge in [0.2, 0.25) is 10.0 Å². The zero-order chi connectivity index (χ0) is 13.3. The van der Waals surface area contributed by atoms with Crippen molar-refractivity contribution in [3.63, 3.8) is 0 Å². The van der Waals surface area contributed by atoms with E-state index in [0.29, 0.717) is 5.76 Å². The molecule has 0 aromatic carbocycles. The Bertz CT molecular complexity index is 642. The summed E-state index contributed by atoms with van der Waals surface area (Å²) < 4.78 is 32.4. The summed E-state index contributed by atoms with van der Waals surface area (Å²) >= 11 is 0. The van der Waals surface area contributed by atoms with Gasteiger partial charge in [-0.15, -0.1) is 0 Å². The molecule has 0 bridgehead atoms. The van der Waals surface area contributed by atoms with Crippen LogP contribution in [0, 0.1) is 6.92 Å². The summed E-state index contributed by atoms with van der Waals surface area (Å²) in [6.45, 7) is 2.02. The fourth-order valence-electron chi connectivity index (χ4n) is 1.59. The van der Waals surface area contributed by atoms with Crippen LogP contribution in [0.15, 0.2) is 33.8 Å². The highest BCUT2D eigenvalue weighted by Gasteiger charge is 2.23. The first-order chi connectivity index (χ1) is 8.39. The first-order valence-electron chi connectivity index (χ1n) is 5.40. The lowest BCUT2D eigenvalue weighted by Gasteiger charge is -2.14. The fraction of sp³-hybridized carbons (Fsp3) is 0.364. The maximum Gasteiger partial charge on any atom is 0.246 e. The highest BCUT2D eigenvalue weighted by molar-refractivity contribution is 7.89. The Morgan fingerprint density at radius 1 is 1.44 bits per heavy atom. The molecule has 0 amide bonds. The van der Waals surface area contributed by atoms with Gasteiger partial charge in [-0.2, -0.15) is 9.40 Å². The Morgan fingerprint density at radius 3 is 2.67 bits per heavy atom. The van der Waals surface area contributed by atoms with E-state index in [1.165, 1.54) is 28.4 Å². The van der Waals surface area contributed by atoms with Gasteiger partial charge < -0.3 is 4.42 Å². The average molecular weight is 269 g/mol. The highest BCUT2D eigenvalue weighted by atomic mass is 32.2. The van der Waals surface area contributed by atoms with Crippen molar-refractivity contribution >= 4 is 10.0 Å². The van der Waals surface area contributed by atoms with E-state index in [2.05, 4.69) is 5.10 Å². The van der Waals surface area contributed by atoms with E-state index in [0.717, 1.165) is 5.76 Å². The SMILES string of the molecule is Cc1ccc(CN(C)S(=O)(=O)c2cnn(C)c2)o1. The van der Waals surface area contributed by atoms with E-state index in [4.69, 9.17) is 4.42 Å². The zero-order valence-corrected chi connectivity index (χ0v) is 11.3. The number of rotatable bonds is 4. The van der Waals surface area contributed by atoms with Gasteiger partial charge in [-0.25, -0.2) is 8.42 Å². The number of aromatic nitrogens is 2. The van der Waals surface area contributed by atoms with Crippen LogP contribution < -0.4 is 0 Å². The quantitative estimate of drug-likeness (QED) is 0.834. The molecule has 2 heterocycles. The maximum absolute atomic E-state index is 12.2. The van der Waals surface area contributed by atoms with Crippen LogP contribution in [0.2, 0.25) is 0 Å². The summed E-state index contributed by atoms with van der Waals surface area (Å²) in [4.78, 5) is 0.177. The molecule has 0 saturated carbocycles. The van der Waals surface area contributed by atoms with Crippen LogP contribution in [-0.2, 0) is 23.6 Å². The third kappa shape index (κ3) is 2.46. The fourth-order valence-corrected chi connectivity index (χ4v) is 2.71. The lowest BCUT2D eigenvalue weighted by Crippen LogP contribution is -2.26. The predicted molar refractivity (Wildman–Crippen MR) is 65.3 cm³/mol. The normalized spacial score (nSPS) is 12.2. The van der Waals surface area contributed by atoms with Gasteiger partial charge in [-0.3, -0.25) is 4.68 Å². The average Bonchev–Trinajstić information content (AvgIpc) is 2.88. The summed E-state index contributed by atoms with van der Waals surface area (Å²) in [5, 5.41) is 3.86. The van der Waals surface area contributed by atoms with E-state index >= 15 is 0 Å². The van der Waals surface area contributed by atoms with E-state index < -0.39 is 10.0 Å². The Kier molecular flexibility index (Phi) is 3.27. The van der Waals surface area contributed by atoms with Crippen molar-refractivity contribution in [1.29, 1.82) is 0 Å². The van der Waals surface area contributed by atoms with Crippen LogP contribution in [0.25, 0.3) is 0 Å². The second-order valence-electron chi connectivity index (χ2n) is 4.12. The highest BCUT2D eigenvalue weighted by Crippen LogP contribution is 2.16. The van der Waals surface area contributed by atoms with Gasteiger partial charge >= 0.3 is 0 Å². The standard InChI is InChI=1S/C11H15N3O3S/c1-9-4-5-10(17-9)7-14(3)18(15,16)11-6-12-13(2)8-11/h4-6,8H,7H2,1-3H3. The van der Waals surface area contributed by atoms with Gasteiger partial charge in [-0.1, -0.05) is 0 Å². The molecular weight excluding hydrogens is 254 g/mol. The van der Waals surface area contributed by atoms with Gasteiger partial charge in [0.05, 0.1) is 12.7 Å². The molecule has 0 aliphatic heterocycles. The van der Waals surface area contributed by atoms with E-state index in [9.17, 15) is 8.42 Å². The molecule has 2 aromatic rings. The molecule has 0 atom stereocenters. The molecule has 0 saturated heterocycles. The van der Waals surface area contributed by atoms with E-state index in [1.807, 2.05) is 6.92 Å².